The first-order valence-corrected chi connectivity index (χ1v) is 21.8. The Morgan fingerprint density at radius 3 is 2.35 bits per heavy atom. The van der Waals surface area contributed by atoms with E-state index >= 15 is 0 Å². The molecule has 5 rings (SSSR count). The van der Waals surface area contributed by atoms with Gasteiger partial charge < -0.3 is 44.7 Å². The molecule has 0 radical (unpaired) electrons. The molecule has 1 saturated heterocycles. The molecule has 20 nitrogen and oxygen atoms in total. The molecule has 298 valence electrons. The highest BCUT2D eigenvalue weighted by Crippen LogP contribution is 2.66. The van der Waals surface area contributed by atoms with Gasteiger partial charge >= 0.3 is 29.2 Å². The highest BCUT2D eigenvalue weighted by Gasteiger charge is 2.41. The predicted octanol–water partition coefficient (Wildman–Crippen LogP) is 3.22. The Kier molecular flexibility index (Phi) is 13.6. The summed E-state index contributed by atoms with van der Waals surface area (Å²) in [7, 11) is -10.6. The van der Waals surface area contributed by atoms with Gasteiger partial charge in [-0.05, 0) is 55.7 Å². The number of phosphoric ester groups is 1. The number of nitrogens with one attached hydrogen (secondary N) is 3. The molecular weight excluding hydrogens is 805 g/mol. The molecule has 1 fully saturated rings. The Labute approximate surface area is 318 Å². The fraction of sp³-hybridized carbons (Fsp3) is 0.387. The summed E-state index contributed by atoms with van der Waals surface area (Å²) in [4.78, 5) is 82.1. The smallest absolute Gasteiger partial charge is 0.378 e. The minimum absolute atomic E-state index is 0.0684. The van der Waals surface area contributed by atoms with Gasteiger partial charge in [-0.15, -0.1) is 0 Å². The van der Waals surface area contributed by atoms with Crippen LogP contribution in [0.15, 0.2) is 62.0 Å². The molecule has 0 bridgehead atoms. The summed E-state index contributed by atoms with van der Waals surface area (Å²) >= 11 is 1.71. The first-order chi connectivity index (χ1) is 25.8. The number of benzene rings is 2. The van der Waals surface area contributed by atoms with Crippen molar-refractivity contribution in [3.8, 4) is 11.8 Å². The summed E-state index contributed by atoms with van der Waals surface area (Å²) in [5, 5.41) is 6.22. The van der Waals surface area contributed by atoms with Crippen LogP contribution in [0.5, 0.6) is 0 Å². The highest BCUT2D eigenvalue weighted by atomic mass is 32.2. The molecule has 7 N–H and O–H groups in total. The largest absolute Gasteiger partial charge is 0.490 e. The lowest BCUT2D eigenvalue weighted by atomic mass is 10.2. The number of carbonyl (C=O) groups is 1. The van der Waals surface area contributed by atoms with Crippen molar-refractivity contribution < 1.29 is 55.9 Å². The van der Waals surface area contributed by atoms with E-state index in [1.165, 1.54) is 0 Å². The molecule has 2 aliphatic rings. The minimum Gasteiger partial charge on any atom is -0.378 e. The number of nitrogens with zero attached hydrogens (tertiary/aromatic N) is 3. The number of fused-ring (bicyclic) bond motifs is 2. The minimum atomic E-state index is -5.69. The van der Waals surface area contributed by atoms with Crippen molar-refractivity contribution in [1.82, 2.24) is 14.9 Å². The molecule has 24 heteroatoms. The van der Waals surface area contributed by atoms with E-state index in [0.29, 0.717) is 13.0 Å². The van der Waals surface area contributed by atoms with Gasteiger partial charge in [-0.2, -0.15) is 8.62 Å². The molecule has 0 spiro atoms. The monoisotopic (exact) mass is 844 g/mol. The normalized spacial score (nSPS) is 18.4. The van der Waals surface area contributed by atoms with Gasteiger partial charge in [0.25, 0.3) is 5.56 Å². The number of ether oxygens (including phenoxy) is 1. The van der Waals surface area contributed by atoms with E-state index in [-0.39, 0.29) is 37.3 Å². The summed E-state index contributed by atoms with van der Waals surface area (Å²) in [6, 6.07) is 12.5. The van der Waals surface area contributed by atoms with E-state index in [0.717, 1.165) is 43.3 Å². The van der Waals surface area contributed by atoms with Crippen molar-refractivity contribution in [2.75, 3.05) is 56.0 Å². The second-order valence-corrected chi connectivity index (χ2v) is 18.0. The molecular formula is C31H39N6O14P3S. The van der Waals surface area contributed by atoms with Crippen molar-refractivity contribution in [2.24, 2.45) is 0 Å². The lowest BCUT2D eigenvalue weighted by Gasteiger charge is -2.26. The predicted molar refractivity (Wildman–Crippen MR) is 201 cm³/mol. The zero-order valence-corrected chi connectivity index (χ0v) is 33.1. The van der Waals surface area contributed by atoms with Crippen LogP contribution in [0, 0.1) is 11.8 Å². The van der Waals surface area contributed by atoms with E-state index in [4.69, 9.17) is 14.5 Å². The van der Waals surface area contributed by atoms with Crippen LogP contribution in [-0.4, -0.2) is 82.0 Å². The van der Waals surface area contributed by atoms with Crippen LogP contribution in [0.4, 0.5) is 22.7 Å². The van der Waals surface area contributed by atoms with E-state index in [2.05, 4.69) is 80.7 Å². The van der Waals surface area contributed by atoms with Gasteiger partial charge in [0.1, 0.15) is 11.8 Å². The number of anilines is 4. The Hall–Kier alpha value is -3.73. The summed E-state index contributed by atoms with van der Waals surface area (Å²) in [6.07, 6.45) is 0.381. The maximum Gasteiger partial charge on any atom is 0.490 e. The van der Waals surface area contributed by atoms with Gasteiger partial charge in [0.15, 0.2) is 0 Å². The maximum absolute atomic E-state index is 12.5. The van der Waals surface area contributed by atoms with Crippen LogP contribution < -0.4 is 31.7 Å². The average Bonchev–Trinajstić information content (AvgIpc) is 3.56. The number of aromatic nitrogens is 2. The van der Waals surface area contributed by atoms with Crippen molar-refractivity contribution in [2.45, 2.75) is 47.8 Å². The number of aromatic amines is 1. The van der Waals surface area contributed by atoms with Crippen molar-refractivity contribution in [1.29, 1.82) is 0 Å². The molecule has 0 saturated carbocycles. The zero-order chi connectivity index (χ0) is 40.1. The van der Waals surface area contributed by atoms with Gasteiger partial charge in [-0.3, -0.25) is 23.7 Å². The molecule has 3 aromatic rings. The van der Waals surface area contributed by atoms with Crippen LogP contribution in [0.1, 0.15) is 37.5 Å². The van der Waals surface area contributed by atoms with Gasteiger partial charge in [0.05, 0.1) is 30.6 Å². The molecule has 4 atom stereocenters. The second-order valence-electron chi connectivity index (χ2n) is 12.5. The Bertz CT molecular complexity index is 2250. The fourth-order valence-electron chi connectivity index (χ4n) is 5.45. The fourth-order valence-corrected chi connectivity index (χ4v) is 9.45. The van der Waals surface area contributed by atoms with E-state index in [1.807, 2.05) is 27.2 Å². The van der Waals surface area contributed by atoms with Crippen molar-refractivity contribution in [3.63, 3.8) is 0 Å². The molecule has 1 amide bonds. The quantitative estimate of drug-likeness (QED) is 0.0669. The van der Waals surface area contributed by atoms with Crippen LogP contribution in [0.25, 0.3) is 0 Å². The Morgan fingerprint density at radius 2 is 1.67 bits per heavy atom. The summed E-state index contributed by atoms with van der Waals surface area (Å²) in [6.45, 7) is -0.147. The van der Waals surface area contributed by atoms with Gasteiger partial charge in [-0.25, -0.2) is 18.5 Å². The average molecular weight is 845 g/mol. The topological polar surface area (TPSA) is 272 Å². The van der Waals surface area contributed by atoms with E-state index in [1.54, 1.807) is 11.8 Å². The van der Waals surface area contributed by atoms with E-state index in [9.17, 15) is 37.9 Å². The standard InChI is InChI=1S/C31H39N6O14P3S/c1-35(2)21-8-11-26-24(16-21)33-25-17-22(9-12-27(25)55-26)36(3)15-5-7-28(38)32-14-4-6-20-18-37(31(40)34-30(20)39)29-13-10-23(49-29)19-48-53(44,45)51-54(46,47)50-52(41,42)43/h8-9,11-12,16-18,23,29,33H,5,7,10,13-15,19H2,1-3H3,(H,32,38)(H,44,45)(H,46,47)(H,34,39,40)(H2,41,42,43)/t23-,29+/m0/s1. The van der Waals surface area contributed by atoms with E-state index < -0.39 is 53.7 Å². The first kappa shape index (κ1) is 42.4. The van der Waals surface area contributed by atoms with Gasteiger partial charge in [0.2, 0.25) is 5.91 Å². The number of rotatable bonds is 15. The maximum atomic E-state index is 12.5. The second kappa shape index (κ2) is 17.6. The van der Waals surface area contributed by atoms with Crippen molar-refractivity contribution >= 4 is 63.9 Å². The summed E-state index contributed by atoms with van der Waals surface area (Å²) < 4.78 is 52.9. The Balaban J connectivity index is 1.07. The summed E-state index contributed by atoms with van der Waals surface area (Å²) in [5.74, 6) is 5.07. The van der Waals surface area contributed by atoms with Gasteiger partial charge in [0, 0.05) is 61.5 Å². The SMILES string of the molecule is CN(C)c1ccc2c(c1)Nc1cc(N(C)CCCC(=O)NCC#Cc3cn([C@H]4CC[C@@H](COP(=O)(O)OP(=O)(O)OP(=O)(O)O)O4)c(=O)[nH]c3=O)ccc1S2. The third kappa shape index (κ3) is 12.1. The lowest BCUT2D eigenvalue weighted by molar-refractivity contribution is -0.120. The Morgan fingerprint density at radius 1 is 1.00 bits per heavy atom. The first-order valence-electron chi connectivity index (χ1n) is 16.4. The number of phosphoric acid groups is 3. The summed E-state index contributed by atoms with van der Waals surface area (Å²) in [5.41, 5.74) is 2.45. The number of hydrogen-bond acceptors (Lipinski definition) is 14. The molecule has 0 aliphatic carbocycles. The van der Waals surface area contributed by atoms with Crippen molar-refractivity contribution in [3.05, 3.63) is 69.0 Å². The lowest BCUT2D eigenvalue weighted by Crippen LogP contribution is -2.33. The zero-order valence-electron chi connectivity index (χ0n) is 29.6. The van der Waals surface area contributed by atoms with Crippen LogP contribution in [-0.2, 0) is 36.4 Å². The van der Waals surface area contributed by atoms with Crippen LogP contribution in [0.3, 0.4) is 0 Å². The number of hydrogen-bond donors (Lipinski definition) is 7. The molecule has 1 aromatic heterocycles. The number of amides is 1. The molecule has 55 heavy (non-hydrogen) atoms. The third-order valence-corrected chi connectivity index (χ3v) is 13.0. The molecule has 2 aliphatic heterocycles. The van der Waals surface area contributed by atoms with Crippen LogP contribution in [0.2, 0.25) is 0 Å². The number of H-pyrrole nitrogens is 1. The highest BCUT2D eigenvalue weighted by molar-refractivity contribution is 7.99. The number of carbonyl (C=O) groups excluding carboxylic acids is 1. The molecule has 2 unspecified atom stereocenters. The third-order valence-electron chi connectivity index (χ3n) is 8.07. The van der Waals surface area contributed by atoms with Gasteiger partial charge in [-0.1, -0.05) is 23.6 Å². The molecule has 2 aromatic carbocycles. The van der Waals surface area contributed by atoms with Crippen LogP contribution >= 0.6 is 35.2 Å². The molecule has 3 heterocycles.